The number of rotatable bonds is 5. The molecule has 0 saturated carbocycles. The molecule has 78 valence electrons. The molecule has 0 N–H and O–H groups in total. The molecule has 0 radical (unpaired) electrons. The zero-order valence-electron chi connectivity index (χ0n) is 9.31. The van der Waals surface area contributed by atoms with Gasteiger partial charge in [-0.15, -0.1) is 0 Å². The van der Waals surface area contributed by atoms with Crippen molar-refractivity contribution in [3.05, 3.63) is 0 Å². The van der Waals surface area contributed by atoms with Gasteiger partial charge in [0.25, 0.3) is 0 Å². The summed E-state index contributed by atoms with van der Waals surface area (Å²) >= 11 is 0. The maximum Gasteiger partial charge on any atom is 0.0891 e. The fraction of sp³-hybridized carbons (Fsp3) is 1.00. The van der Waals surface area contributed by atoms with Crippen LogP contribution in [0.25, 0.3) is 0 Å². The van der Waals surface area contributed by atoms with Gasteiger partial charge in [0.05, 0.1) is 5.60 Å². The molecule has 0 atom stereocenters. The van der Waals surface area contributed by atoms with Crippen molar-refractivity contribution in [2.45, 2.75) is 58.5 Å². The van der Waals surface area contributed by atoms with Crippen molar-refractivity contribution < 1.29 is 4.84 Å². The Labute approximate surface area is 82.2 Å². The highest BCUT2D eigenvalue weighted by molar-refractivity contribution is 4.75. The molecule has 1 aliphatic rings. The zero-order valence-corrected chi connectivity index (χ0v) is 9.31. The van der Waals surface area contributed by atoms with E-state index in [0.29, 0.717) is 0 Å². The van der Waals surface area contributed by atoms with Crippen LogP contribution in [0.15, 0.2) is 0 Å². The zero-order chi connectivity index (χ0) is 9.73. The molecule has 0 aromatic carbocycles. The summed E-state index contributed by atoms with van der Waals surface area (Å²) in [7, 11) is 0. The van der Waals surface area contributed by atoms with Crippen LogP contribution in [0.2, 0.25) is 0 Å². The van der Waals surface area contributed by atoms with Crippen molar-refractivity contribution in [1.29, 1.82) is 0 Å². The van der Waals surface area contributed by atoms with E-state index in [4.69, 9.17) is 4.84 Å². The normalized spacial score (nSPS) is 19.6. The van der Waals surface area contributed by atoms with Gasteiger partial charge >= 0.3 is 0 Å². The highest BCUT2D eigenvalue weighted by Crippen LogP contribution is 2.27. The van der Waals surface area contributed by atoms with Crippen molar-refractivity contribution in [2.24, 2.45) is 0 Å². The molecule has 1 aliphatic heterocycles. The van der Waals surface area contributed by atoms with Crippen molar-refractivity contribution in [1.82, 2.24) is 5.06 Å². The molecule has 0 spiro atoms. The second-order valence-corrected chi connectivity index (χ2v) is 3.97. The van der Waals surface area contributed by atoms with E-state index in [-0.39, 0.29) is 5.60 Å². The van der Waals surface area contributed by atoms with Crippen LogP contribution >= 0.6 is 0 Å². The molecule has 0 bridgehead atoms. The Morgan fingerprint density at radius 2 is 1.46 bits per heavy atom. The standard InChI is InChI=1S/C11H23NO/c1-4-11(5-2,6-3)13-12-9-7-8-10-12/h4-10H2,1-3H3. The molecule has 1 heterocycles. The third kappa shape index (κ3) is 2.68. The lowest BCUT2D eigenvalue weighted by Gasteiger charge is -2.34. The molecule has 0 aromatic heterocycles. The Hall–Kier alpha value is -0.0800. The van der Waals surface area contributed by atoms with Crippen LogP contribution in [-0.2, 0) is 4.84 Å². The fourth-order valence-electron chi connectivity index (χ4n) is 2.00. The first-order valence-electron chi connectivity index (χ1n) is 5.70. The van der Waals surface area contributed by atoms with Gasteiger partial charge in [-0.25, -0.2) is 0 Å². The molecule has 0 unspecified atom stereocenters. The van der Waals surface area contributed by atoms with Crippen LogP contribution < -0.4 is 0 Å². The van der Waals surface area contributed by atoms with E-state index in [2.05, 4.69) is 25.8 Å². The van der Waals surface area contributed by atoms with E-state index in [1.165, 1.54) is 12.8 Å². The molecule has 0 aliphatic carbocycles. The number of hydrogen-bond acceptors (Lipinski definition) is 2. The average molecular weight is 185 g/mol. The summed E-state index contributed by atoms with van der Waals surface area (Å²) in [6.07, 6.45) is 5.96. The molecule has 1 rings (SSSR count). The molecule has 0 aromatic rings. The summed E-state index contributed by atoms with van der Waals surface area (Å²) in [5, 5.41) is 2.16. The smallest absolute Gasteiger partial charge is 0.0891 e. The van der Waals surface area contributed by atoms with E-state index in [9.17, 15) is 0 Å². The summed E-state index contributed by atoms with van der Waals surface area (Å²) in [6.45, 7) is 8.93. The largest absolute Gasteiger partial charge is 0.292 e. The van der Waals surface area contributed by atoms with Crippen LogP contribution in [0.5, 0.6) is 0 Å². The first kappa shape index (κ1) is 11.0. The van der Waals surface area contributed by atoms with Gasteiger partial charge in [0.1, 0.15) is 0 Å². The summed E-state index contributed by atoms with van der Waals surface area (Å²) < 4.78 is 0. The minimum Gasteiger partial charge on any atom is -0.292 e. The maximum absolute atomic E-state index is 6.08. The molecule has 0 amide bonds. The van der Waals surface area contributed by atoms with Gasteiger partial charge < -0.3 is 0 Å². The van der Waals surface area contributed by atoms with Crippen molar-refractivity contribution in [2.75, 3.05) is 13.1 Å². The van der Waals surface area contributed by atoms with Gasteiger partial charge in [-0.05, 0) is 32.1 Å². The second kappa shape index (κ2) is 4.97. The van der Waals surface area contributed by atoms with Crippen molar-refractivity contribution in [3.8, 4) is 0 Å². The average Bonchev–Trinajstić information content (AvgIpc) is 2.67. The molecule has 2 nitrogen and oxygen atoms in total. The van der Waals surface area contributed by atoms with Crippen LogP contribution in [0, 0.1) is 0 Å². The van der Waals surface area contributed by atoms with E-state index in [1.54, 1.807) is 0 Å². The maximum atomic E-state index is 6.08. The molecule has 13 heavy (non-hydrogen) atoms. The minimum absolute atomic E-state index is 0.115. The SMILES string of the molecule is CCC(CC)(CC)ON1CCCC1. The molecule has 2 heteroatoms. The number of hydroxylamine groups is 2. The predicted molar refractivity (Wildman–Crippen MR) is 55.5 cm³/mol. The van der Waals surface area contributed by atoms with Gasteiger partial charge in [-0.1, -0.05) is 20.8 Å². The highest BCUT2D eigenvalue weighted by atomic mass is 16.7. The number of nitrogens with zero attached hydrogens (tertiary/aromatic N) is 1. The highest BCUT2D eigenvalue weighted by Gasteiger charge is 2.29. The van der Waals surface area contributed by atoms with Gasteiger partial charge in [-0.2, -0.15) is 5.06 Å². The van der Waals surface area contributed by atoms with Gasteiger partial charge in [0.2, 0.25) is 0 Å². The Morgan fingerprint density at radius 3 is 1.85 bits per heavy atom. The van der Waals surface area contributed by atoms with Crippen LogP contribution in [0.4, 0.5) is 0 Å². The van der Waals surface area contributed by atoms with Crippen LogP contribution in [0.1, 0.15) is 52.9 Å². The Balaban J connectivity index is 2.44. The van der Waals surface area contributed by atoms with Crippen LogP contribution in [-0.4, -0.2) is 23.8 Å². The van der Waals surface area contributed by atoms with Gasteiger partial charge in [0.15, 0.2) is 0 Å². The number of hydrogen-bond donors (Lipinski definition) is 0. The predicted octanol–water partition coefficient (Wildman–Crippen LogP) is 2.98. The lowest BCUT2D eigenvalue weighted by atomic mass is 9.94. The summed E-state index contributed by atoms with van der Waals surface area (Å²) in [5.74, 6) is 0. The van der Waals surface area contributed by atoms with E-state index < -0.39 is 0 Å². The third-order valence-electron chi connectivity index (χ3n) is 3.32. The summed E-state index contributed by atoms with van der Waals surface area (Å²) in [4.78, 5) is 6.08. The van der Waals surface area contributed by atoms with Crippen molar-refractivity contribution >= 4 is 0 Å². The topological polar surface area (TPSA) is 12.5 Å². The van der Waals surface area contributed by atoms with Crippen molar-refractivity contribution in [3.63, 3.8) is 0 Å². The molecular weight excluding hydrogens is 162 g/mol. The Kier molecular flexibility index (Phi) is 4.20. The minimum atomic E-state index is 0.115. The Bertz CT molecular complexity index is 129. The summed E-state index contributed by atoms with van der Waals surface area (Å²) in [5.41, 5.74) is 0.115. The first-order valence-corrected chi connectivity index (χ1v) is 5.70. The first-order chi connectivity index (χ1) is 6.26. The van der Waals surface area contributed by atoms with Gasteiger partial charge in [-0.3, -0.25) is 4.84 Å². The van der Waals surface area contributed by atoms with E-state index in [1.807, 2.05) is 0 Å². The van der Waals surface area contributed by atoms with Crippen LogP contribution in [0.3, 0.4) is 0 Å². The lowest BCUT2D eigenvalue weighted by molar-refractivity contribution is -0.240. The quantitative estimate of drug-likeness (QED) is 0.653. The van der Waals surface area contributed by atoms with E-state index in [0.717, 1.165) is 32.4 Å². The summed E-state index contributed by atoms with van der Waals surface area (Å²) in [6, 6.07) is 0. The monoisotopic (exact) mass is 185 g/mol. The molecule has 1 saturated heterocycles. The molecule has 1 fully saturated rings. The molecular formula is C11H23NO. The van der Waals surface area contributed by atoms with Gasteiger partial charge in [0, 0.05) is 13.1 Å². The fourth-order valence-corrected chi connectivity index (χ4v) is 2.00. The second-order valence-electron chi connectivity index (χ2n) is 3.97. The lowest BCUT2D eigenvalue weighted by Crippen LogP contribution is -2.38. The van der Waals surface area contributed by atoms with E-state index >= 15 is 0 Å². The Morgan fingerprint density at radius 1 is 1.00 bits per heavy atom. The third-order valence-corrected chi connectivity index (χ3v) is 3.32.